The first-order valence-corrected chi connectivity index (χ1v) is 9.74. The number of rotatable bonds is 4. The Hall–Kier alpha value is -2.68. The van der Waals surface area contributed by atoms with Gasteiger partial charge < -0.3 is 9.42 Å². The summed E-state index contributed by atoms with van der Waals surface area (Å²) in [6.07, 6.45) is 7.46. The van der Waals surface area contributed by atoms with Gasteiger partial charge in [-0.05, 0) is 32.6 Å². The molecule has 1 aliphatic heterocycles. The standard InChI is InChI=1S/C18H20N6O2S/c1-11-16(27-12(2)21-11)18(25)24-7-3-4-13(10-24)8-15-22-17(23-26-15)14-9-19-5-6-20-14/h5-6,9,13H,3-4,7-8,10H2,1-2H3. The van der Waals surface area contributed by atoms with Crippen LogP contribution < -0.4 is 0 Å². The number of carbonyl (C=O) groups is 1. The van der Waals surface area contributed by atoms with Crippen molar-refractivity contribution < 1.29 is 9.32 Å². The Morgan fingerprint density at radius 2 is 2.22 bits per heavy atom. The lowest BCUT2D eigenvalue weighted by Gasteiger charge is -2.32. The highest BCUT2D eigenvalue weighted by atomic mass is 32.1. The van der Waals surface area contributed by atoms with Crippen LogP contribution in [-0.2, 0) is 6.42 Å². The van der Waals surface area contributed by atoms with E-state index in [1.807, 2.05) is 18.7 Å². The van der Waals surface area contributed by atoms with Crippen LogP contribution in [0.3, 0.4) is 0 Å². The minimum absolute atomic E-state index is 0.0774. The van der Waals surface area contributed by atoms with Crippen molar-refractivity contribution in [1.82, 2.24) is 30.0 Å². The van der Waals surface area contributed by atoms with Gasteiger partial charge in [0.25, 0.3) is 5.91 Å². The maximum atomic E-state index is 12.9. The second-order valence-corrected chi connectivity index (χ2v) is 7.92. The van der Waals surface area contributed by atoms with E-state index in [0.29, 0.717) is 36.3 Å². The Morgan fingerprint density at radius 3 is 2.96 bits per heavy atom. The molecule has 8 nitrogen and oxygen atoms in total. The van der Waals surface area contributed by atoms with Gasteiger partial charge in [0.05, 0.1) is 16.9 Å². The highest BCUT2D eigenvalue weighted by molar-refractivity contribution is 7.13. The molecule has 1 saturated heterocycles. The monoisotopic (exact) mass is 384 g/mol. The molecule has 4 rings (SSSR count). The topological polar surface area (TPSA) is 97.9 Å². The Labute approximate surface area is 160 Å². The number of aryl methyl sites for hydroxylation is 2. The van der Waals surface area contributed by atoms with Gasteiger partial charge in [0, 0.05) is 31.9 Å². The fourth-order valence-corrected chi connectivity index (χ4v) is 4.28. The number of aromatic nitrogens is 5. The number of piperidine rings is 1. The van der Waals surface area contributed by atoms with Gasteiger partial charge in [-0.1, -0.05) is 5.16 Å². The lowest BCUT2D eigenvalue weighted by Crippen LogP contribution is -2.40. The third kappa shape index (κ3) is 3.87. The molecule has 3 aromatic rings. The number of thiazole rings is 1. The van der Waals surface area contributed by atoms with Crippen molar-refractivity contribution in [2.45, 2.75) is 33.1 Å². The second-order valence-electron chi connectivity index (χ2n) is 6.71. The number of likely N-dealkylation sites (tertiary alicyclic amines) is 1. The maximum Gasteiger partial charge on any atom is 0.265 e. The zero-order valence-electron chi connectivity index (χ0n) is 15.3. The molecular formula is C18H20N6O2S. The Bertz CT molecular complexity index is 938. The molecule has 0 bridgehead atoms. The molecule has 0 saturated carbocycles. The first kappa shape index (κ1) is 17.7. The summed E-state index contributed by atoms with van der Waals surface area (Å²) in [7, 11) is 0. The summed E-state index contributed by atoms with van der Waals surface area (Å²) in [6.45, 7) is 5.29. The molecule has 0 radical (unpaired) electrons. The second kappa shape index (κ2) is 7.51. The Morgan fingerprint density at radius 1 is 1.33 bits per heavy atom. The summed E-state index contributed by atoms with van der Waals surface area (Å²) in [5.74, 6) is 1.39. The van der Waals surface area contributed by atoms with Gasteiger partial charge in [-0.25, -0.2) is 9.97 Å². The third-order valence-electron chi connectivity index (χ3n) is 4.63. The molecule has 140 valence electrons. The lowest BCUT2D eigenvalue weighted by atomic mass is 9.94. The van der Waals surface area contributed by atoms with Gasteiger partial charge in [-0.2, -0.15) is 4.98 Å². The zero-order chi connectivity index (χ0) is 18.8. The fraction of sp³-hybridized carbons (Fsp3) is 0.444. The van der Waals surface area contributed by atoms with Crippen LogP contribution in [0.15, 0.2) is 23.1 Å². The molecule has 4 heterocycles. The van der Waals surface area contributed by atoms with E-state index in [1.54, 1.807) is 18.6 Å². The number of amides is 1. The highest BCUT2D eigenvalue weighted by Crippen LogP contribution is 2.25. The smallest absolute Gasteiger partial charge is 0.265 e. The van der Waals surface area contributed by atoms with Crippen molar-refractivity contribution in [3.05, 3.63) is 40.1 Å². The van der Waals surface area contributed by atoms with Crippen molar-refractivity contribution in [2.24, 2.45) is 5.92 Å². The van der Waals surface area contributed by atoms with Gasteiger partial charge in [-0.15, -0.1) is 11.3 Å². The predicted octanol–water partition coefficient (Wildman–Crippen LogP) is 2.69. The summed E-state index contributed by atoms with van der Waals surface area (Å²) in [5.41, 5.74) is 1.40. The van der Waals surface area contributed by atoms with Crippen molar-refractivity contribution in [3.8, 4) is 11.5 Å². The van der Waals surface area contributed by atoms with Crippen LogP contribution in [0, 0.1) is 19.8 Å². The van der Waals surface area contributed by atoms with Crippen LogP contribution in [-0.4, -0.2) is 49.0 Å². The molecule has 9 heteroatoms. The Balaban J connectivity index is 1.42. The molecule has 1 aliphatic rings. The summed E-state index contributed by atoms with van der Waals surface area (Å²) in [4.78, 5) is 32.5. The minimum Gasteiger partial charge on any atom is -0.339 e. The van der Waals surface area contributed by atoms with E-state index >= 15 is 0 Å². The van der Waals surface area contributed by atoms with E-state index in [1.165, 1.54) is 11.3 Å². The molecule has 3 aromatic heterocycles. The van der Waals surface area contributed by atoms with E-state index in [2.05, 4.69) is 25.1 Å². The lowest BCUT2D eigenvalue weighted by molar-refractivity contribution is 0.0672. The van der Waals surface area contributed by atoms with Crippen molar-refractivity contribution in [1.29, 1.82) is 0 Å². The van der Waals surface area contributed by atoms with Gasteiger partial charge in [0.1, 0.15) is 10.6 Å². The van der Waals surface area contributed by atoms with Gasteiger partial charge in [-0.3, -0.25) is 9.78 Å². The average Bonchev–Trinajstić information content (AvgIpc) is 3.28. The largest absolute Gasteiger partial charge is 0.339 e. The summed E-state index contributed by atoms with van der Waals surface area (Å²) in [6, 6.07) is 0. The highest BCUT2D eigenvalue weighted by Gasteiger charge is 2.28. The molecule has 27 heavy (non-hydrogen) atoms. The quantitative estimate of drug-likeness (QED) is 0.682. The molecule has 0 N–H and O–H groups in total. The first-order chi connectivity index (χ1) is 13.1. The first-order valence-electron chi connectivity index (χ1n) is 8.92. The van der Waals surface area contributed by atoms with Crippen LogP contribution in [0.1, 0.15) is 39.1 Å². The van der Waals surface area contributed by atoms with E-state index in [4.69, 9.17) is 4.52 Å². The summed E-state index contributed by atoms with van der Waals surface area (Å²) < 4.78 is 5.38. The SMILES string of the molecule is Cc1nc(C)c(C(=O)N2CCCC(Cc3nc(-c4cnccn4)no3)C2)s1. The molecule has 1 atom stereocenters. The molecular weight excluding hydrogens is 364 g/mol. The number of hydrogen-bond acceptors (Lipinski definition) is 8. The van der Waals surface area contributed by atoms with Crippen molar-refractivity contribution >= 4 is 17.2 Å². The molecule has 1 unspecified atom stereocenters. The van der Waals surface area contributed by atoms with E-state index in [-0.39, 0.29) is 5.91 Å². The Kier molecular flexibility index (Phi) is 4.93. The van der Waals surface area contributed by atoms with Crippen LogP contribution in [0.25, 0.3) is 11.5 Å². The molecule has 1 amide bonds. The van der Waals surface area contributed by atoms with Crippen LogP contribution in [0.2, 0.25) is 0 Å². The van der Waals surface area contributed by atoms with Crippen molar-refractivity contribution in [3.63, 3.8) is 0 Å². The van der Waals surface area contributed by atoms with E-state index in [0.717, 1.165) is 35.0 Å². The summed E-state index contributed by atoms with van der Waals surface area (Å²) in [5, 5.41) is 4.92. The fourth-order valence-electron chi connectivity index (χ4n) is 3.39. The normalized spacial score (nSPS) is 17.3. The van der Waals surface area contributed by atoms with Crippen molar-refractivity contribution in [2.75, 3.05) is 13.1 Å². The van der Waals surface area contributed by atoms with Gasteiger partial charge in [0.2, 0.25) is 11.7 Å². The minimum atomic E-state index is 0.0774. The summed E-state index contributed by atoms with van der Waals surface area (Å²) >= 11 is 1.47. The predicted molar refractivity (Wildman–Crippen MR) is 99.2 cm³/mol. The van der Waals surface area contributed by atoms with Crippen LogP contribution >= 0.6 is 11.3 Å². The zero-order valence-corrected chi connectivity index (χ0v) is 16.1. The van der Waals surface area contributed by atoms with Gasteiger partial charge in [0.15, 0.2) is 0 Å². The third-order valence-corrected chi connectivity index (χ3v) is 5.69. The van der Waals surface area contributed by atoms with Crippen LogP contribution in [0.4, 0.5) is 0 Å². The van der Waals surface area contributed by atoms with E-state index < -0.39 is 0 Å². The number of nitrogens with zero attached hydrogens (tertiary/aromatic N) is 6. The maximum absolute atomic E-state index is 12.9. The van der Waals surface area contributed by atoms with Crippen LogP contribution in [0.5, 0.6) is 0 Å². The number of carbonyl (C=O) groups excluding carboxylic acids is 1. The molecule has 1 fully saturated rings. The molecule has 0 aromatic carbocycles. The molecule has 0 aliphatic carbocycles. The average molecular weight is 384 g/mol. The van der Waals surface area contributed by atoms with Gasteiger partial charge >= 0.3 is 0 Å². The van der Waals surface area contributed by atoms with E-state index in [9.17, 15) is 4.79 Å². The number of hydrogen-bond donors (Lipinski definition) is 0. The molecule has 0 spiro atoms.